The van der Waals surface area contributed by atoms with Gasteiger partial charge in [-0.2, -0.15) is 9.97 Å². The molecule has 2 aromatic heterocycles. The molecule has 12 heteroatoms. The number of fused-ring (bicyclic) bond motifs is 7. The van der Waals surface area contributed by atoms with Gasteiger partial charge in [0.2, 0.25) is 5.88 Å². The third-order valence-corrected chi connectivity index (χ3v) is 10.3. The molecule has 0 saturated carbocycles. The van der Waals surface area contributed by atoms with Gasteiger partial charge in [-0.1, -0.05) is 12.1 Å². The van der Waals surface area contributed by atoms with E-state index in [0.717, 1.165) is 32.2 Å². The fraction of sp³-hybridized carbons (Fsp3) is 0.469. The number of hydrogen-bond donors (Lipinski definition) is 2. The number of piperazine rings is 1. The molecular weight excluding hydrogens is 573 g/mol. The summed E-state index contributed by atoms with van der Waals surface area (Å²) in [5.74, 6) is -0.881. The van der Waals surface area contributed by atoms with Gasteiger partial charge in [0.05, 0.1) is 11.6 Å². The molecule has 9 nitrogen and oxygen atoms in total. The van der Waals surface area contributed by atoms with Gasteiger partial charge in [0.1, 0.15) is 53.4 Å². The summed E-state index contributed by atoms with van der Waals surface area (Å²) in [5.41, 5.74) is -0.593. The maximum absolute atomic E-state index is 16.8. The van der Waals surface area contributed by atoms with Crippen LogP contribution in [0, 0.1) is 11.6 Å². The van der Waals surface area contributed by atoms with Crippen LogP contribution >= 0.6 is 0 Å². The number of halogens is 3. The van der Waals surface area contributed by atoms with Gasteiger partial charge in [-0.15, -0.1) is 0 Å². The molecule has 5 aliphatic rings. The molecule has 0 radical (unpaired) electrons. The van der Waals surface area contributed by atoms with Crippen molar-refractivity contribution in [2.24, 2.45) is 0 Å². The molecule has 5 atom stereocenters. The topological polar surface area (TPSA) is 95.9 Å². The maximum Gasteiger partial charge on any atom is 0.319 e. The lowest BCUT2D eigenvalue weighted by Gasteiger charge is -2.40. The summed E-state index contributed by atoms with van der Waals surface area (Å²) in [6, 6.07) is 7.54. The van der Waals surface area contributed by atoms with Gasteiger partial charge >= 0.3 is 6.01 Å². The molecule has 4 saturated heterocycles. The Labute approximate surface area is 251 Å². The minimum atomic E-state index is -0.915. The Morgan fingerprint density at radius 1 is 1.11 bits per heavy atom. The summed E-state index contributed by atoms with van der Waals surface area (Å²) in [6.07, 6.45) is 3.24. The molecule has 2 bridgehead atoms. The van der Waals surface area contributed by atoms with Gasteiger partial charge in [0.15, 0.2) is 5.82 Å². The second-order valence-electron chi connectivity index (χ2n) is 12.9. The molecule has 7 heterocycles. The average molecular weight is 605 g/mol. The SMILES string of the molecule is Oc1cc(-c2nc3c4c(nc(OC[C@@]56CCCN5C[C@@H](F)C6)nc4c2F)N2C[C@@H]4CC[C@@H](N4)[C@@H]2CO3)c2c(F)cccc2c1. The first-order valence-corrected chi connectivity index (χ1v) is 15.4. The number of alkyl halides is 1. The van der Waals surface area contributed by atoms with Crippen molar-refractivity contribution >= 4 is 27.5 Å². The van der Waals surface area contributed by atoms with Crippen LogP contribution in [0.4, 0.5) is 19.0 Å². The molecule has 2 aromatic carbocycles. The zero-order valence-electron chi connectivity index (χ0n) is 23.9. The van der Waals surface area contributed by atoms with Crippen LogP contribution in [0.2, 0.25) is 0 Å². The Balaban J connectivity index is 1.23. The molecular formula is C32H31F3N6O3. The quantitative estimate of drug-likeness (QED) is 0.350. The first-order chi connectivity index (χ1) is 21.4. The molecule has 44 heavy (non-hydrogen) atoms. The molecule has 0 aliphatic carbocycles. The number of aromatic nitrogens is 3. The highest BCUT2D eigenvalue weighted by Gasteiger charge is 2.50. The lowest BCUT2D eigenvalue weighted by molar-refractivity contribution is 0.107. The van der Waals surface area contributed by atoms with Crippen molar-refractivity contribution in [2.45, 2.75) is 61.9 Å². The Bertz CT molecular complexity index is 1840. The second kappa shape index (κ2) is 9.55. The number of aromatic hydroxyl groups is 1. The zero-order valence-corrected chi connectivity index (χ0v) is 23.9. The smallest absolute Gasteiger partial charge is 0.319 e. The van der Waals surface area contributed by atoms with Crippen molar-refractivity contribution in [3.05, 3.63) is 42.0 Å². The second-order valence-corrected chi connectivity index (χ2v) is 12.9. The van der Waals surface area contributed by atoms with E-state index in [1.54, 1.807) is 6.07 Å². The van der Waals surface area contributed by atoms with Gasteiger partial charge in [0, 0.05) is 42.5 Å². The van der Waals surface area contributed by atoms with Crippen LogP contribution in [0.3, 0.4) is 0 Å². The van der Waals surface area contributed by atoms with Crippen LogP contribution < -0.4 is 19.7 Å². The number of phenols is 1. The van der Waals surface area contributed by atoms with E-state index in [0.29, 0.717) is 36.1 Å². The van der Waals surface area contributed by atoms with E-state index in [4.69, 9.17) is 14.5 Å². The minimum Gasteiger partial charge on any atom is -0.508 e. The van der Waals surface area contributed by atoms with Crippen molar-refractivity contribution in [1.29, 1.82) is 0 Å². The zero-order chi connectivity index (χ0) is 29.7. The highest BCUT2D eigenvalue weighted by Crippen LogP contribution is 2.45. The molecule has 228 valence electrons. The summed E-state index contributed by atoms with van der Waals surface area (Å²) in [6.45, 7) is 2.34. The Kier molecular flexibility index (Phi) is 5.75. The summed E-state index contributed by atoms with van der Waals surface area (Å²) in [4.78, 5) is 18.3. The van der Waals surface area contributed by atoms with E-state index in [1.807, 2.05) is 0 Å². The van der Waals surface area contributed by atoms with Gasteiger partial charge in [-0.25, -0.2) is 18.2 Å². The van der Waals surface area contributed by atoms with E-state index in [-0.39, 0.29) is 71.1 Å². The molecule has 5 aliphatic heterocycles. The lowest BCUT2D eigenvalue weighted by Crippen LogP contribution is -2.60. The predicted molar refractivity (Wildman–Crippen MR) is 157 cm³/mol. The number of rotatable bonds is 4. The first kappa shape index (κ1) is 26.5. The molecule has 4 fully saturated rings. The summed E-state index contributed by atoms with van der Waals surface area (Å²) >= 11 is 0. The van der Waals surface area contributed by atoms with E-state index >= 15 is 8.78 Å². The van der Waals surface area contributed by atoms with E-state index < -0.39 is 23.3 Å². The molecule has 0 unspecified atom stereocenters. The van der Waals surface area contributed by atoms with Gasteiger partial charge in [0.25, 0.3) is 0 Å². The molecule has 2 N–H and O–H groups in total. The van der Waals surface area contributed by atoms with Gasteiger partial charge < -0.3 is 24.8 Å². The summed E-state index contributed by atoms with van der Waals surface area (Å²) in [5, 5.41) is 15.0. The van der Waals surface area contributed by atoms with Crippen molar-refractivity contribution in [3.63, 3.8) is 0 Å². The van der Waals surface area contributed by atoms with Gasteiger partial charge in [-0.3, -0.25) is 4.90 Å². The number of ether oxygens (including phenoxy) is 2. The number of nitrogens with zero attached hydrogens (tertiary/aromatic N) is 5. The monoisotopic (exact) mass is 604 g/mol. The highest BCUT2D eigenvalue weighted by atomic mass is 19.1. The molecule has 9 rings (SSSR count). The number of hydrogen-bond acceptors (Lipinski definition) is 9. The Morgan fingerprint density at radius 2 is 2.02 bits per heavy atom. The van der Waals surface area contributed by atoms with Crippen molar-refractivity contribution < 1.29 is 27.8 Å². The van der Waals surface area contributed by atoms with Crippen LogP contribution in [0.1, 0.15) is 32.1 Å². The van der Waals surface area contributed by atoms with E-state index in [9.17, 15) is 9.50 Å². The summed E-state index contributed by atoms with van der Waals surface area (Å²) in [7, 11) is 0. The van der Waals surface area contributed by atoms with Crippen molar-refractivity contribution in [3.8, 4) is 28.9 Å². The van der Waals surface area contributed by atoms with E-state index in [2.05, 4.69) is 25.1 Å². The molecule has 0 amide bonds. The minimum absolute atomic E-state index is 0.00323. The fourth-order valence-electron chi connectivity index (χ4n) is 8.36. The third-order valence-electron chi connectivity index (χ3n) is 10.3. The normalized spacial score (nSPS) is 29.1. The van der Waals surface area contributed by atoms with Crippen molar-refractivity contribution in [2.75, 3.05) is 37.7 Å². The summed E-state index contributed by atoms with van der Waals surface area (Å²) < 4.78 is 59.1. The largest absolute Gasteiger partial charge is 0.508 e. The van der Waals surface area contributed by atoms with Crippen LogP contribution in [0.25, 0.3) is 32.9 Å². The van der Waals surface area contributed by atoms with E-state index in [1.165, 1.54) is 24.3 Å². The number of pyridine rings is 1. The lowest BCUT2D eigenvalue weighted by atomic mass is 9.95. The number of benzene rings is 2. The maximum atomic E-state index is 16.8. The van der Waals surface area contributed by atoms with Gasteiger partial charge in [-0.05, 0) is 55.8 Å². The van der Waals surface area contributed by atoms with Crippen LogP contribution in [-0.4, -0.2) is 87.6 Å². The fourth-order valence-corrected chi connectivity index (χ4v) is 8.36. The molecule has 0 spiro atoms. The number of phenolic OH excluding ortho intramolecular Hbond substituents is 1. The van der Waals surface area contributed by atoms with Crippen LogP contribution in [-0.2, 0) is 0 Å². The first-order valence-electron chi connectivity index (χ1n) is 15.4. The van der Waals surface area contributed by atoms with Crippen molar-refractivity contribution in [1.82, 2.24) is 25.2 Å². The Morgan fingerprint density at radius 3 is 2.93 bits per heavy atom. The average Bonchev–Trinajstić information content (AvgIpc) is 3.64. The highest BCUT2D eigenvalue weighted by molar-refractivity contribution is 6.02. The molecule has 4 aromatic rings. The Hall–Kier alpha value is -3.90. The predicted octanol–water partition coefficient (Wildman–Crippen LogP) is 4.49. The van der Waals surface area contributed by atoms with Crippen LogP contribution in [0.5, 0.6) is 17.6 Å². The standard InChI is InChI=1S/C32H31F3N6O3/c33-17-11-32(7-2-8-40(32)12-17)15-44-31-38-28-25-29(39-31)41-13-18-5-6-22(36-18)23(41)14-43-30(25)37-27(26(28)35)20-10-19(42)9-16-3-1-4-21(34)24(16)20/h1,3-4,9-10,17-18,22-23,36,42H,2,5-8,11-15H2/t17-,18-,22+,23-,32-/m0/s1. The number of anilines is 1. The number of nitrogens with one attached hydrogen (secondary N) is 1. The third kappa shape index (κ3) is 3.89. The van der Waals surface area contributed by atoms with Crippen LogP contribution in [0.15, 0.2) is 30.3 Å².